The zero-order chi connectivity index (χ0) is 14.7. The summed E-state index contributed by atoms with van der Waals surface area (Å²) < 4.78 is 0. The normalized spacial score (nSPS) is 27.3. The predicted octanol–water partition coefficient (Wildman–Crippen LogP) is 1.43. The molecular weight excluding hydrogens is 276 g/mol. The summed E-state index contributed by atoms with van der Waals surface area (Å²) in [5.41, 5.74) is 7.93. The number of hydrogen-bond acceptors (Lipinski definition) is 4. The molecule has 6 heteroatoms. The molecule has 0 saturated carbocycles. The number of nitrogens with zero attached hydrogens (tertiary/aromatic N) is 1. The van der Waals surface area contributed by atoms with Crippen molar-refractivity contribution in [3.63, 3.8) is 0 Å². The molecule has 1 aromatic rings. The van der Waals surface area contributed by atoms with E-state index in [1.165, 1.54) is 0 Å². The number of aryl methyl sites for hydroxylation is 1. The van der Waals surface area contributed by atoms with Gasteiger partial charge in [0.1, 0.15) is 6.04 Å². The largest absolute Gasteiger partial charge is 0.346 e. The molecule has 4 unspecified atom stereocenters. The number of carbonyl (C=O) groups excluding carboxylic acids is 1. The van der Waals surface area contributed by atoms with Gasteiger partial charge in [0.05, 0.1) is 17.1 Å². The number of halogens is 1. The van der Waals surface area contributed by atoms with Crippen molar-refractivity contribution in [3.8, 4) is 0 Å². The van der Waals surface area contributed by atoms with E-state index in [1.54, 1.807) is 6.20 Å². The van der Waals surface area contributed by atoms with Gasteiger partial charge in [-0.3, -0.25) is 15.2 Å². The lowest BCUT2D eigenvalue weighted by atomic mass is 10.1. The van der Waals surface area contributed by atoms with Gasteiger partial charge in [0.25, 0.3) is 0 Å². The smallest absolute Gasteiger partial charge is 0.240 e. The van der Waals surface area contributed by atoms with Crippen LogP contribution in [0.15, 0.2) is 18.3 Å². The minimum atomic E-state index is -0.425. The SMILES string of the molecule is CCC(NC(=O)C1NNC(C)C1Cl)c1cc(C)ccn1. The highest BCUT2D eigenvalue weighted by molar-refractivity contribution is 6.23. The summed E-state index contributed by atoms with van der Waals surface area (Å²) in [4.78, 5) is 16.6. The Morgan fingerprint density at radius 2 is 2.30 bits per heavy atom. The van der Waals surface area contributed by atoms with E-state index in [2.05, 4.69) is 21.2 Å². The highest BCUT2D eigenvalue weighted by Gasteiger charge is 2.37. The Balaban J connectivity index is 2.05. The Kier molecular flexibility index (Phi) is 4.96. The van der Waals surface area contributed by atoms with Crippen molar-refractivity contribution in [1.82, 2.24) is 21.2 Å². The molecule has 1 aromatic heterocycles. The third kappa shape index (κ3) is 3.29. The Hall–Kier alpha value is -1.17. The lowest BCUT2D eigenvalue weighted by molar-refractivity contribution is -0.123. The molecule has 3 N–H and O–H groups in total. The highest BCUT2D eigenvalue weighted by atomic mass is 35.5. The fraction of sp³-hybridized carbons (Fsp3) is 0.571. The fourth-order valence-electron chi connectivity index (χ4n) is 2.28. The first-order valence-corrected chi connectivity index (χ1v) is 7.34. The van der Waals surface area contributed by atoms with E-state index in [-0.39, 0.29) is 23.4 Å². The second-order valence-corrected chi connectivity index (χ2v) is 5.73. The van der Waals surface area contributed by atoms with Gasteiger partial charge in [-0.1, -0.05) is 6.92 Å². The monoisotopic (exact) mass is 296 g/mol. The second kappa shape index (κ2) is 6.52. The number of alkyl halides is 1. The topological polar surface area (TPSA) is 66.1 Å². The number of amides is 1. The molecule has 0 aromatic carbocycles. The summed E-state index contributed by atoms with van der Waals surface area (Å²) in [6.45, 7) is 5.98. The first kappa shape index (κ1) is 15.2. The van der Waals surface area contributed by atoms with Gasteiger partial charge in [-0.25, -0.2) is 5.43 Å². The molecule has 0 radical (unpaired) electrons. The number of hydrazine groups is 1. The van der Waals surface area contributed by atoms with E-state index in [9.17, 15) is 4.79 Å². The second-order valence-electron chi connectivity index (χ2n) is 5.23. The molecule has 1 aliphatic rings. The van der Waals surface area contributed by atoms with Gasteiger partial charge in [0.15, 0.2) is 0 Å². The lowest BCUT2D eigenvalue weighted by Crippen LogP contribution is -2.47. The van der Waals surface area contributed by atoms with E-state index < -0.39 is 6.04 Å². The Morgan fingerprint density at radius 3 is 2.85 bits per heavy atom. The van der Waals surface area contributed by atoms with Crippen molar-refractivity contribution in [3.05, 3.63) is 29.6 Å². The van der Waals surface area contributed by atoms with Crippen molar-refractivity contribution < 1.29 is 4.79 Å². The summed E-state index contributed by atoms with van der Waals surface area (Å²) in [7, 11) is 0. The van der Waals surface area contributed by atoms with Crippen LogP contribution >= 0.6 is 11.6 Å². The molecular formula is C14H21ClN4O. The van der Waals surface area contributed by atoms with Crippen LogP contribution in [0.4, 0.5) is 0 Å². The van der Waals surface area contributed by atoms with Crippen LogP contribution in [0.3, 0.4) is 0 Å². The van der Waals surface area contributed by atoms with E-state index in [4.69, 9.17) is 11.6 Å². The van der Waals surface area contributed by atoms with Gasteiger partial charge < -0.3 is 5.32 Å². The van der Waals surface area contributed by atoms with Gasteiger partial charge in [0, 0.05) is 12.2 Å². The average Bonchev–Trinajstić information content (AvgIpc) is 2.76. The molecule has 4 atom stereocenters. The van der Waals surface area contributed by atoms with Gasteiger partial charge in [-0.15, -0.1) is 11.6 Å². The third-order valence-electron chi connectivity index (χ3n) is 3.56. The Labute approximate surface area is 124 Å². The first-order valence-electron chi connectivity index (χ1n) is 6.91. The van der Waals surface area contributed by atoms with E-state index in [0.717, 1.165) is 17.7 Å². The van der Waals surface area contributed by atoms with Crippen molar-refractivity contribution in [1.29, 1.82) is 0 Å². The number of hydrogen-bond donors (Lipinski definition) is 3. The summed E-state index contributed by atoms with van der Waals surface area (Å²) in [5, 5.41) is 2.75. The quantitative estimate of drug-likeness (QED) is 0.736. The van der Waals surface area contributed by atoms with Crippen LogP contribution in [0.5, 0.6) is 0 Å². The fourth-order valence-corrected chi connectivity index (χ4v) is 2.52. The predicted molar refractivity (Wildman–Crippen MR) is 79.3 cm³/mol. The van der Waals surface area contributed by atoms with E-state index in [1.807, 2.05) is 32.9 Å². The molecule has 1 amide bonds. The van der Waals surface area contributed by atoms with Crippen LogP contribution < -0.4 is 16.2 Å². The lowest BCUT2D eigenvalue weighted by Gasteiger charge is -2.20. The summed E-state index contributed by atoms with van der Waals surface area (Å²) >= 11 is 6.22. The van der Waals surface area contributed by atoms with Gasteiger partial charge in [-0.2, -0.15) is 0 Å². The van der Waals surface area contributed by atoms with Crippen LogP contribution in [-0.2, 0) is 4.79 Å². The maximum atomic E-state index is 12.3. The molecule has 1 aliphatic heterocycles. The minimum Gasteiger partial charge on any atom is -0.346 e. The summed E-state index contributed by atoms with van der Waals surface area (Å²) in [6, 6.07) is 3.48. The molecule has 0 aliphatic carbocycles. The van der Waals surface area contributed by atoms with Crippen molar-refractivity contribution >= 4 is 17.5 Å². The highest BCUT2D eigenvalue weighted by Crippen LogP contribution is 2.18. The van der Waals surface area contributed by atoms with Crippen LogP contribution in [-0.4, -0.2) is 28.4 Å². The molecule has 2 heterocycles. The van der Waals surface area contributed by atoms with Gasteiger partial charge in [-0.05, 0) is 38.0 Å². The zero-order valence-electron chi connectivity index (χ0n) is 12.0. The molecule has 1 saturated heterocycles. The molecule has 1 fully saturated rings. The van der Waals surface area contributed by atoms with E-state index >= 15 is 0 Å². The third-order valence-corrected chi connectivity index (χ3v) is 4.19. The number of pyridine rings is 1. The standard InChI is InChI=1S/C14H21ClN4O/c1-4-10(11-7-8(2)5-6-16-11)17-14(20)13-12(15)9(3)18-19-13/h5-7,9-10,12-13,18-19H,4H2,1-3H3,(H,17,20). The number of nitrogens with one attached hydrogen (secondary N) is 3. The first-order chi connectivity index (χ1) is 9.52. The molecule has 20 heavy (non-hydrogen) atoms. The van der Waals surface area contributed by atoms with Gasteiger partial charge >= 0.3 is 0 Å². The zero-order valence-corrected chi connectivity index (χ0v) is 12.7. The number of rotatable bonds is 4. The Bertz CT molecular complexity index is 482. The van der Waals surface area contributed by atoms with Gasteiger partial charge in [0.2, 0.25) is 5.91 Å². The average molecular weight is 297 g/mol. The molecule has 0 spiro atoms. The van der Waals surface area contributed by atoms with Crippen LogP contribution in [0, 0.1) is 6.92 Å². The van der Waals surface area contributed by atoms with Crippen molar-refractivity contribution in [2.75, 3.05) is 0 Å². The summed E-state index contributed by atoms with van der Waals surface area (Å²) in [5.74, 6) is -0.1000. The Morgan fingerprint density at radius 1 is 1.55 bits per heavy atom. The van der Waals surface area contributed by atoms with Crippen LogP contribution in [0.25, 0.3) is 0 Å². The number of carbonyl (C=O) groups is 1. The minimum absolute atomic E-state index is 0.0598. The number of aromatic nitrogens is 1. The van der Waals surface area contributed by atoms with Crippen LogP contribution in [0.1, 0.15) is 37.6 Å². The molecule has 5 nitrogen and oxygen atoms in total. The molecule has 2 rings (SSSR count). The van der Waals surface area contributed by atoms with Crippen molar-refractivity contribution in [2.24, 2.45) is 0 Å². The van der Waals surface area contributed by atoms with E-state index in [0.29, 0.717) is 0 Å². The maximum Gasteiger partial charge on any atom is 0.240 e. The summed E-state index contributed by atoms with van der Waals surface area (Å²) in [6.07, 6.45) is 2.55. The maximum absolute atomic E-state index is 12.3. The van der Waals surface area contributed by atoms with Crippen molar-refractivity contribution in [2.45, 2.75) is 50.7 Å². The molecule has 0 bridgehead atoms. The van der Waals surface area contributed by atoms with Crippen LogP contribution in [0.2, 0.25) is 0 Å². The molecule has 110 valence electrons.